The van der Waals surface area contributed by atoms with E-state index in [0.717, 1.165) is 29.8 Å². The van der Waals surface area contributed by atoms with E-state index in [1.807, 2.05) is 0 Å². The summed E-state index contributed by atoms with van der Waals surface area (Å²) < 4.78 is 2.17. The Balaban J connectivity index is 1.60. The summed E-state index contributed by atoms with van der Waals surface area (Å²) in [7, 11) is 0. The van der Waals surface area contributed by atoms with Crippen molar-refractivity contribution >= 4 is 16.3 Å². The first-order chi connectivity index (χ1) is 9.79. The molecule has 20 heavy (non-hydrogen) atoms. The second-order valence-corrected chi connectivity index (χ2v) is 7.60. The monoisotopic (exact) mass is 289 g/mol. The molecule has 108 valence electrons. The van der Waals surface area contributed by atoms with Crippen molar-refractivity contribution < 1.29 is 0 Å². The molecule has 4 rings (SSSR count). The minimum Gasteiger partial charge on any atom is -0.316 e. The summed E-state index contributed by atoms with van der Waals surface area (Å²) in [6.07, 6.45) is 11.3. The first kappa shape index (κ1) is 12.8. The first-order valence-corrected chi connectivity index (χ1v) is 8.79. The van der Waals surface area contributed by atoms with Crippen molar-refractivity contribution in [3.8, 4) is 0 Å². The summed E-state index contributed by atoms with van der Waals surface area (Å²) in [6, 6.07) is 0. The normalized spacial score (nSPS) is 32.5. The van der Waals surface area contributed by atoms with E-state index in [2.05, 4.69) is 34.4 Å². The molecule has 2 fully saturated rings. The number of nitrogens with one attached hydrogen (secondary N) is 1. The van der Waals surface area contributed by atoms with Gasteiger partial charge in [0.1, 0.15) is 0 Å². The third-order valence-corrected chi connectivity index (χ3v) is 6.28. The van der Waals surface area contributed by atoms with Crippen molar-refractivity contribution in [2.24, 2.45) is 17.3 Å². The van der Waals surface area contributed by atoms with Crippen LogP contribution in [0.25, 0.3) is 4.96 Å². The highest BCUT2D eigenvalue weighted by Crippen LogP contribution is 2.57. The number of aromatic nitrogens is 2. The molecule has 2 saturated carbocycles. The third-order valence-electron chi connectivity index (χ3n) is 5.51. The van der Waals surface area contributed by atoms with Crippen LogP contribution < -0.4 is 5.32 Å². The quantitative estimate of drug-likeness (QED) is 0.914. The summed E-state index contributed by atoms with van der Waals surface area (Å²) in [4.78, 5) is 5.97. The fourth-order valence-corrected chi connectivity index (χ4v) is 5.37. The lowest BCUT2D eigenvalue weighted by atomic mass is 9.70. The smallest absolute Gasteiger partial charge is 0.193 e. The number of hydrogen-bond acceptors (Lipinski definition) is 3. The SMILES string of the molecule is CCNCC1(Cc2cn3ccsc3n2)CC2CCC1C2. The Bertz CT molecular complexity index is 573. The topological polar surface area (TPSA) is 29.3 Å². The molecule has 2 aromatic rings. The summed E-state index contributed by atoms with van der Waals surface area (Å²) in [5, 5.41) is 5.74. The van der Waals surface area contributed by atoms with E-state index in [1.54, 1.807) is 11.3 Å². The van der Waals surface area contributed by atoms with Gasteiger partial charge in [0.05, 0.1) is 5.69 Å². The molecule has 2 heterocycles. The van der Waals surface area contributed by atoms with E-state index in [4.69, 9.17) is 4.98 Å². The molecule has 0 aromatic carbocycles. The van der Waals surface area contributed by atoms with Gasteiger partial charge in [0.25, 0.3) is 0 Å². The highest BCUT2D eigenvalue weighted by atomic mass is 32.1. The number of rotatable bonds is 5. The van der Waals surface area contributed by atoms with Crippen LogP contribution in [0.5, 0.6) is 0 Å². The van der Waals surface area contributed by atoms with Crippen molar-refractivity contribution in [3.05, 3.63) is 23.5 Å². The Hall–Kier alpha value is -0.870. The van der Waals surface area contributed by atoms with E-state index in [-0.39, 0.29) is 0 Å². The minimum absolute atomic E-state index is 0.475. The highest BCUT2D eigenvalue weighted by Gasteiger charge is 2.50. The van der Waals surface area contributed by atoms with Crippen molar-refractivity contribution in [3.63, 3.8) is 0 Å². The van der Waals surface area contributed by atoms with Gasteiger partial charge in [-0.15, -0.1) is 11.3 Å². The second-order valence-electron chi connectivity index (χ2n) is 6.72. The van der Waals surface area contributed by atoms with E-state index in [9.17, 15) is 0 Å². The van der Waals surface area contributed by atoms with Gasteiger partial charge in [-0.2, -0.15) is 0 Å². The zero-order valence-electron chi connectivity index (χ0n) is 12.1. The summed E-state index contributed by atoms with van der Waals surface area (Å²) in [5.41, 5.74) is 1.77. The van der Waals surface area contributed by atoms with Gasteiger partial charge in [0, 0.05) is 24.3 Å². The predicted octanol–water partition coefficient (Wildman–Crippen LogP) is 3.35. The van der Waals surface area contributed by atoms with Gasteiger partial charge in [-0.1, -0.05) is 13.3 Å². The number of hydrogen-bond donors (Lipinski definition) is 1. The molecular weight excluding hydrogens is 266 g/mol. The van der Waals surface area contributed by atoms with Crippen LogP contribution in [0.4, 0.5) is 0 Å². The van der Waals surface area contributed by atoms with Crippen LogP contribution in [0, 0.1) is 17.3 Å². The van der Waals surface area contributed by atoms with E-state index in [0.29, 0.717) is 5.41 Å². The van der Waals surface area contributed by atoms with Crippen LogP contribution >= 0.6 is 11.3 Å². The molecule has 2 aliphatic carbocycles. The Labute approximate surface area is 124 Å². The number of nitrogens with zero attached hydrogens (tertiary/aromatic N) is 2. The lowest BCUT2D eigenvalue weighted by Gasteiger charge is -2.37. The zero-order chi connectivity index (χ0) is 13.6. The predicted molar refractivity (Wildman–Crippen MR) is 83.2 cm³/mol. The zero-order valence-corrected chi connectivity index (χ0v) is 13.0. The average Bonchev–Trinajstić information content (AvgIpc) is 3.15. The Morgan fingerprint density at radius 1 is 1.50 bits per heavy atom. The van der Waals surface area contributed by atoms with Gasteiger partial charge in [-0.3, -0.25) is 4.40 Å². The summed E-state index contributed by atoms with van der Waals surface area (Å²) >= 11 is 1.73. The van der Waals surface area contributed by atoms with Crippen LogP contribution in [0.2, 0.25) is 0 Å². The molecule has 3 unspecified atom stereocenters. The number of imidazole rings is 1. The van der Waals surface area contributed by atoms with Gasteiger partial charge in [-0.05, 0) is 49.5 Å². The maximum Gasteiger partial charge on any atom is 0.193 e. The molecule has 3 nitrogen and oxygen atoms in total. The van der Waals surface area contributed by atoms with Crippen molar-refractivity contribution in [2.45, 2.75) is 39.0 Å². The van der Waals surface area contributed by atoms with E-state index >= 15 is 0 Å². The molecule has 1 N–H and O–H groups in total. The van der Waals surface area contributed by atoms with Crippen molar-refractivity contribution in [1.82, 2.24) is 14.7 Å². The molecule has 3 atom stereocenters. The first-order valence-electron chi connectivity index (χ1n) is 7.91. The lowest BCUT2D eigenvalue weighted by molar-refractivity contribution is 0.156. The molecule has 0 amide bonds. The second kappa shape index (κ2) is 4.85. The fourth-order valence-electron chi connectivity index (χ4n) is 4.65. The largest absolute Gasteiger partial charge is 0.316 e. The van der Waals surface area contributed by atoms with Crippen LogP contribution in [0.15, 0.2) is 17.8 Å². The van der Waals surface area contributed by atoms with Gasteiger partial charge in [0.2, 0.25) is 0 Å². The van der Waals surface area contributed by atoms with Gasteiger partial charge in [-0.25, -0.2) is 4.98 Å². The fraction of sp³-hybridized carbons (Fsp3) is 0.688. The van der Waals surface area contributed by atoms with Crippen LogP contribution in [0.1, 0.15) is 38.3 Å². The minimum atomic E-state index is 0.475. The summed E-state index contributed by atoms with van der Waals surface area (Å²) in [6.45, 7) is 4.47. The molecule has 2 aromatic heterocycles. The van der Waals surface area contributed by atoms with Gasteiger partial charge < -0.3 is 5.32 Å². The molecule has 2 aliphatic rings. The number of fused-ring (bicyclic) bond motifs is 3. The standard InChI is InChI=1S/C16H23N3S/c1-2-17-11-16(8-12-3-4-13(16)7-12)9-14-10-19-5-6-20-15(19)18-14/h5-6,10,12-13,17H,2-4,7-9,11H2,1H3. The van der Waals surface area contributed by atoms with Crippen molar-refractivity contribution in [1.29, 1.82) is 0 Å². The Morgan fingerprint density at radius 2 is 2.45 bits per heavy atom. The van der Waals surface area contributed by atoms with Crippen LogP contribution in [-0.2, 0) is 6.42 Å². The lowest BCUT2D eigenvalue weighted by Crippen LogP contribution is -2.40. The molecule has 4 heteroatoms. The third kappa shape index (κ3) is 2.01. The molecule has 0 aliphatic heterocycles. The number of thiazole rings is 1. The maximum atomic E-state index is 4.83. The molecule has 0 radical (unpaired) electrons. The maximum absolute atomic E-state index is 4.83. The molecule has 2 bridgehead atoms. The van der Waals surface area contributed by atoms with E-state index < -0.39 is 0 Å². The van der Waals surface area contributed by atoms with Gasteiger partial charge >= 0.3 is 0 Å². The molecule has 0 spiro atoms. The molecular formula is C16H23N3S. The van der Waals surface area contributed by atoms with Crippen LogP contribution in [-0.4, -0.2) is 22.5 Å². The van der Waals surface area contributed by atoms with Gasteiger partial charge in [0.15, 0.2) is 4.96 Å². The summed E-state index contributed by atoms with van der Waals surface area (Å²) in [5.74, 6) is 1.91. The average molecular weight is 289 g/mol. The van der Waals surface area contributed by atoms with Crippen LogP contribution in [0.3, 0.4) is 0 Å². The Morgan fingerprint density at radius 3 is 3.15 bits per heavy atom. The van der Waals surface area contributed by atoms with E-state index in [1.165, 1.54) is 37.9 Å². The Kier molecular flexibility index (Phi) is 3.11. The molecule has 0 saturated heterocycles. The highest BCUT2D eigenvalue weighted by molar-refractivity contribution is 7.15. The van der Waals surface area contributed by atoms with Crippen molar-refractivity contribution in [2.75, 3.05) is 13.1 Å².